The average molecular weight is 539 g/mol. The highest BCUT2D eigenvalue weighted by Crippen LogP contribution is 2.33. The molecule has 1 aromatic carbocycles. The number of rotatable bonds is 5. The molecule has 3 amide bonds. The lowest BCUT2D eigenvalue weighted by Gasteiger charge is -2.22. The van der Waals surface area contributed by atoms with Gasteiger partial charge >= 0.3 is 6.09 Å². The molecule has 200 valence electrons. The van der Waals surface area contributed by atoms with Crippen molar-refractivity contribution in [3.8, 4) is 0 Å². The molecular formula is C28H31FN4O4S. The van der Waals surface area contributed by atoms with Crippen LogP contribution in [0.25, 0.3) is 16.2 Å². The predicted octanol–water partition coefficient (Wildman–Crippen LogP) is 5.19. The third-order valence-electron chi connectivity index (χ3n) is 6.13. The van der Waals surface area contributed by atoms with Crippen molar-refractivity contribution >= 4 is 51.2 Å². The van der Waals surface area contributed by atoms with Gasteiger partial charge in [0.2, 0.25) is 11.8 Å². The van der Waals surface area contributed by atoms with Gasteiger partial charge in [-0.3, -0.25) is 9.59 Å². The molecule has 3 heterocycles. The van der Waals surface area contributed by atoms with Crippen LogP contribution in [-0.2, 0) is 27.3 Å². The second-order valence-electron chi connectivity index (χ2n) is 10.3. The first-order chi connectivity index (χ1) is 17.9. The number of thiophene rings is 1. The van der Waals surface area contributed by atoms with Crippen molar-refractivity contribution in [2.45, 2.75) is 58.7 Å². The van der Waals surface area contributed by atoms with Crippen LogP contribution in [0, 0.1) is 12.7 Å². The number of carbonyl (C=O) groups is 3. The Morgan fingerprint density at radius 3 is 2.82 bits per heavy atom. The molecule has 10 heteroatoms. The van der Waals surface area contributed by atoms with Crippen molar-refractivity contribution in [1.82, 2.24) is 15.2 Å². The lowest BCUT2D eigenvalue weighted by atomic mass is 10.1. The molecule has 38 heavy (non-hydrogen) atoms. The van der Waals surface area contributed by atoms with E-state index in [2.05, 4.69) is 15.6 Å². The van der Waals surface area contributed by atoms with Crippen molar-refractivity contribution in [1.29, 1.82) is 0 Å². The molecule has 0 aliphatic carbocycles. The Bertz CT molecular complexity index is 1430. The van der Waals surface area contributed by atoms with E-state index in [9.17, 15) is 18.8 Å². The standard InChI is InChI=1S/C28H31FN4O4S/c1-16-19-7-6-8-20(29)24(19)38-22(16)15-33(5)23(34)12-9-17-13-18-10-11-21(26(35)32-25(18)30-14-17)31-27(36)37-28(2,3)4/h6-9,12-14,21H,10-11,15H2,1-5H3,(H,31,36)(H,30,32,35)/b12-9+/t21-/m1/s1. The molecule has 3 aromatic rings. The minimum Gasteiger partial charge on any atom is -0.444 e. The molecule has 1 atom stereocenters. The molecule has 2 N–H and O–H groups in total. The second-order valence-corrected chi connectivity index (χ2v) is 11.4. The van der Waals surface area contributed by atoms with Gasteiger partial charge in [0.1, 0.15) is 23.3 Å². The molecule has 4 rings (SSSR count). The molecule has 0 fully saturated rings. The van der Waals surface area contributed by atoms with Gasteiger partial charge in [-0.15, -0.1) is 11.3 Å². The number of ether oxygens (including phenoxy) is 1. The van der Waals surface area contributed by atoms with Crippen molar-refractivity contribution in [3.05, 3.63) is 63.9 Å². The van der Waals surface area contributed by atoms with E-state index >= 15 is 0 Å². The van der Waals surface area contributed by atoms with Crippen LogP contribution in [0.4, 0.5) is 15.0 Å². The third-order valence-corrected chi connectivity index (χ3v) is 7.43. The number of anilines is 1. The van der Waals surface area contributed by atoms with Crippen LogP contribution in [0.2, 0.25) is 0 Å². The lowest BCUT2D eigenvalue weighted by molar-refractivity contribution is -0.125. The second kappa shape index (κ2) is 10.9. The zero-order valence-corrected chi connectivity index (χ0v) is 22.9. The van der Waals surface area contributed by atoms with Crippen LogP contribution in [0.3, 0.4) is 0 Å². The number of hydrogen-bond donors (Lipinski definition) is 2. The summed E-state index contributed by atoms with van der Waals surface area (Å²) in [6.07, 6.45) is 4.94. The minimum atomic E-state index is -0.751. The van der Waals surface area contributed by atoms with Crippen LogP contribution in [0.5, 0.6) is 0 Å². The van der Waals surface area contributed by atoms with Crippen LogP contribution in [0.15, 0.2) is 36.5 Å². The summed E-state index contributed by atoms with van der Waals surface area (Å²) in [4.78, 5) is 44.4. The smallest absolute Gasteiger partial charge is 0.408 e. The fraction of sp³-hybridized carbons (Fsp3) is 0.357. The third kappa shape index (κ3) is 6.36. The first-order valence-corrected chi connectivity index (χ1v) is 13.1. The lowest BCUT2D eigenvalue weighted by Crippen LogP contribution is -2.45. The van der Waals surface area contributed by atoms with E-state index in [1.165, 1.54) is 23.5 Å². The van der Waals surface area contributed by atoms with E-state index in [-0.39, 0.29) is 17.6 Å². The largest absolute Gasteiger partial charge is 0.444 e. The van der Waals surface area contributed by atoms with Gasteiger partial charge < -0.3 is 20.3 Å². The summed E-state index contributed by atoms with van der Waals surface area (Å²) in [5.74, 6) is -0.392. The normalized spacial score (nSPS) is 15.6. The van der Waals surface area contributed by atoms with Gasteiger partial charge in [-0.25, -0.2) is 14.2 Å². The maximum Gasteiger partial charge on any atom is 0.408 e. The van der Waals surface area contributed by atoms with E-state index in [0.29, 0.717) is 35.5 Å². The molecule has 8 nitrogen and oxygen atoms in total. The molecule has 1 aliphatic heterocycles. The Hall–Kier alpha value is -3.79. The highest BCUT2D eigenvalue weighted by atomic mass is 32.1. The summed E-state index contributed by atoms with van der Waals surface area (Å²) in [6.45, 7) is 7.57. The molecule has 0 saturated carbocycles. The zero-order chi connectivity index (χ0) is 27.6. The van der Waals surface area contributed by atoms with Crippen molar-refractivity contribution in [3.63, 3.8) is 0 Å². The number of pyridine rings is 1. The number of benzene rings is 1. The van der Waals surface area contributed by atoms with E-state index in [4.69, 9.17) is 4.74 Å². The predicted molar refractivity (Wildman–Crippen MR) is 146 cm³/mol. The molecule has 0 radical (unpaired) electrons. The van der Waals surface area contributed by atoms with Gasteiger partial charge in [-0.05, 0) is 80.8 Å². The zero-order valence-electron chi connectivity index (χ0n) is 22.1. The van der Waals surface area contributed by atoms with E-state index in [1.54, 1.807) is 51.1 Å². The number of alkyl carbamates (subject to hydrolysis) is 1. The number of fused-ring (bicyclic) bond motifs is 2. The van der Waals surface area contributed by atoms with Crippen LogP contribution in [0.1, 0.15) is 48.8 Å². The van der Waals surface area contributed by atoms with Crippen molar-refractivity contribution in [2.24, 2.45) is 0 Å². The first kappa shape index (κ1) is 27.3. The van der Waals surface area contributed by atoms with E-state index < -0.39 is 17.7 Å². The summed E-state index contributed by atoms with van der Waals surface area (Å²) in [5, 5.41) is 6.24. The summed E-state index contributed by atoms with van der Waals surface area (Å²) < 4.78 is 20.0. The fourth-order valence-electron chi connectivity index (χ4n) is 4.14. The van der Waals surface area contributed by atoms with Gasteiger partial charge in [-0.1, -0.05) is 12.1 Å². The van der Waals surface area contributed by atoms with E-state index in [1.807, 2.05) is 19.1 Å². The molecule has 1 aliphatic rings. The summed E-state index contributed by atoms with van der Waals surface area (Å²) in [6, 6.07) is 6.13. The first-order valence-electron chi connectivity index (χ1n) is 12.3. The number of carbonyl (C=O) groups excluding carboxylic acids is 3. The fourth-order valence-corrected chi connectivity index (χ4v) is 5.41. The number of nitrogens with zero attached hydrogens (tertiary/aromatic N) is 2. The summed E-state index contributed by atoms with van der Waals surface area (Å²) in [5.41, 5.74) is 1.82. The Balaban J connectivity index is 1.40. The Morgan fingerprint density at radius 1 is 1.34 bits per heavy atom. The summed E-state index contributed by atoms with van der Waals surface area (Å²) >= 11 is 1.36. The topological polar surface area (TPSA) is 101 Å². The van der Waals surface area contributed by atoms with Gasteiger partial charge in [0.05, 0.1) is 11.2 Å². The Morgan fingerprint density at radius 2 is 2.11 bits per heavy atom. The molecular weight excluding hydrogens is 507 g/mol. The number of amides is 3. The number of aryl methyl sites for hydroxylation is 2. The number of likely N-dealkylation sites (N-methyl/N-ethyl adjacent to an activating group) is 1. The van der Waals surface area contributed by atoms with Gasteiger partial charge in [0, 0.05) is 24.2 Å². The van der Waals surface area contributed by atoms with Crippen molar-refractivity contribution in [2.75, 3.05) is 12.4 Å². The molecule has 0 spiro atoms. The Labute approximate surface area is 224 Å². The highest BCUT2D eigenvalue weighted by molar-refractivity contribution is 7.19. The van der Waals surface area contributed by atoms with E-state index in [0.717, 1.165) is 21.4 Å². The van der Waals surface area contributed by atoms with Gasteiger partial charge in [-0.2, -0.15) is 0 Å². The summed E-state index contributed by atoms with van der Waals surface area (Å²) in [7, 11) is 1.70. The maximum atomic E-state index is 14.2. The number of aromatic nitrogens is 1. The van der Waals surface area contributed by atoms with Crippen LogP contribution < -0.4 is 10.6 Å². The number of hydrogen-bond acceptors (Lipinski definition) is 6. The molecule has 2 aromatic heterocycles. The number of halogens is 1. The molecule has 0 bridgehead atoms. The minimum absolute atomic E-state index is 0.202. The van der Waals surface area contributed by atoms with Crippen LogP contribution >= 0.6 is 11.3 Å². The maximum absolute atomic E-state index is 14.2. The molecule has 0 saturated heterocycles. The van der Waals surface area contributed by atoms with Crippen molar-refractivity contribution < 1.29 is 23.5 Å². The van der Waals surface area contributed by atoms with Gasteiger partial charge in [0.15, 0.2) is 0 Å². The quantitative estimate of drug-likeness (QED) is 0.435. The monoisotopic (exact) mass is 538 g/mol. The SMILES string of the molecule is Cc1c(CN(C)C(=O)/C=C/c2cnc3c(c2)CC[C@@H](NC(=O)OC(C)(C)C)C(=O)N3)sc2c(F)cccc12. The van der Waals surface area contributed by atoms with Gasteiger partial charge in [0.25, 0.3) is 0 Å². The Kier molecular flexibility index (Phi) is 7.82. The molecule has 0 unspecified atom stereocenters. The average Bonchev–Trinajstić information content (AvgIpc) is 3.07. The van der Waals surface area contributed by atoms with Crippen LogP contribution in [-0.4, -0.2) is 46.5 Å². The highest BCUT2D eigenvalue weighted by Gasteiger charge is 2.28. The number of nitrogens with one attached hydrogen (secondary N) is 2.